The van der Waals surface area contributed by atoms with Crippen molar-refractivity contribution in [3.8, 4) is 43.8 Å². The average molecular weight is 1560 g/mol. The van der Waals surface area contributed by atoms with Crippen molar-refractivity contribution in [2.75, 3.05) is 0 Å². The van der Waals surface area contributed by atoms with Gasteiger partial charge in [0.25, 0.3) is 0 Å². The van der Waals surface area contributed by atoms with Crippen LogP contribution in [0.25, 0.3) is 71.0 Å². The van der Waals surface area contributed by atoms with E-state index in [1.807, 2.05) is 47.0 Å². The molecule has 0 saturated carbocycles. The Labute approximate surface area is 662 Å². The minimum absolute atomic E-state index is 0.00363. The largest absolute Gasteiger partial charge is 0.289 e. The van der Waals surface area contributed by atoms with Gasteiger partial charge in [0, 0.05) is 74.8 Å². The average Bonchev–Trinajstić information content (AvgIpc) is 1.48. The standard InChI is InChI=1S/C94H76F4N4O2S6/c1-5-9-13-17-21-53-25-33-59(34-26-53)93(60-35-27-54(28-36-60)22-18-14-10-6-2)79-85-75(43-63(105-85)41-69-77(57(49-99)50-100)65-45-71(95)73(97)47-67(65)83(69)103)107-87(79)89-81(93)91-92(109-89)82-90(110-91)88-80(86-76(108-88)44-64(106-86)42-70-78(58(51-101)52-102)66-46-72(96)74(98)48-68(66)84(70)104)94(82,61-37-29-55(30-38-61)23-19-15-11-7-3)62-39-31-56(32-40-62)24-20-16-12-8-4/h25-48H,5-24H2,1-4H3/b69-41+,70-42+. The van der Waals surface area contributed by atoms with Crippen LogP contribution in [0.1, 0.15) is 239 Å². The molecular formula is C94H76F4N4O2S6. The van der Waals surface area contributed by atoms with Gasteiger partial charge in [-0.05, 0) is 156 Å². The van der Waals surface area contributed by atoms with Crippen LogP contribution in [0, 0.1) is 68.6 Å². The van der Waals surface area contributed by atoms with Crippen molar-refractivity contribution in [3.05, 3.63) is 278 Å². The van der Waals surface area contributed by atoms with Crippen molar-refractivity contribution in [2.45, 2.75) is 167 Å². The molecule has 0 unspecified atom stereocenters. The summed E-state index contributed by atoms with van der Waals surface area (Å²) in [6.45, 7) is 8.94. The molecule has 0 fully saturated rings. The fourth-order valence-corrected chi connectivity index (χ4v) is 26.2. The van der Waals surface area contributed by atoms with Gasteiger partial charge in [-0.2, -0.15) is 21.0 Å². The second-order valence-corrected chi connectivity index (χ2v) is 35.8. The molecule has 16 rings (SSSR count). The summed E-state index contributed by atoms with van der Waals surface area (Å²) in [7, 11) is 0. The lowest BCUT2D eigenvalue weighted by atomic mass is 9.67. The number of fused-ring (bicyclic) bond motifs is 15. The molecule has 4 aliphatic carbocycles. The molecule has 6 nitrogen and oxygen atoms in total. The van der Waals surface area contributed by atoms with Gasteiger partial charge in [-0.15, -0.1) is 68.0 Å². The number of nitriles is 4. The number of carbonyl (C=O) groups excluding carboxylic acids is 2. The van der Waals surface area contributed by atoms with Gasteiger partial charge in [0.15, 0.2) is 34.8 Å². The predicted octanol–water partition coefficient (Wildman–Crippen LogP) is 27.5. The molecule has 110 heavy (non-hydrogen) atoms. The molecule has 16 heteroatoms. The SMILES string of the molecule is CCCCCCc1ccc(C2(c3ccc(CCCCCC)cc3)c3c(sc4cc(/C=C5/C(=O)c6cc(F)c(F)cc6C5=C(C#N)C#N)sc34)-c3sc4c5c(sc4c32)-c2sc3cc(/C=C4/C(=O)c6cc(F)c(F)cc6C4=C(C#N)C#N)sc3c2C5(c2ccc(CCCCCC)cc2)c2ccc(CCCCCC)cc2)cc1. The van der Waals surface area contributed by atoms with Crippen LogP contribution in [0.4, 0.5) is 17.6 Å². The van der Waals surface area contributed by atoms with E-state index < -0.39 is 45.7 Å². The zero-order valence-corrected chi connectivity index (χ0v) is 66.5. The van der Waals surface area contributed by atoms with Gasteiger partial charge >= 0.3 is 0 Å². The first-order valence-corrected chi connectivity index (χ1v) is 43.3. The van der Waals surface area contributed by atoms with Crippen LogP contribution in [-0.2, 0) is 36.5 Å². The normalized spacial score (nSPS) is 14.9. The van der Waals surface area contributed by atoms with Crippen LogP contribution in [0.2, 0.25) is 0 Å². The minimum Gasteiger partial charge on any atom is -0.289 e. The molecule has 0 saturated heterocycles. The number of nitrogens with zero attached hydrogens (tertiary/aromatic N) is 4. The number of halogens is 4. The highest BCUT2D eigenvalue weighted by Gasteiger charge is 2.57. The molecule has 4 aliphatic rings. The third kappa shape index (κ3) is 12.4. The first kappa shape index (κ1) is 74.4. The van der Waals surface area contributed by atoms with E-state index in [0.717, 1.165) is 199 Å². The zero-order chi connectivity index (χ0) is 76.3. The van der Waals surface area contributed by atoms with E-state index in [1.165, 1.54) is 91.1 Å². The fraction of sp³-hybridized carbons (Fsp3) is 0.277. The van der Waals surface area contributed by atoms with Crippen molar-refractivity contribution in [1.29, 1.82) is 21.0 Å². The van der Waals surface area contributed by atoms with E-state index in [2.05, 4.69) is 137 Å². The van der Waals surface area contributed by atoms with Gasteiger partial charge < -0.3 is 0 Å². The van der Waals surface area contributed by atoms with Gasteiger partial charge in [0.1, 0.15) is 35.4 Å². The Balaban J connectivity index is 0.970. The second kappa shape index (κ2) is 30.9. The van der Waals surface area contributed by atoms with Crippen molar-refractivity contribution in [2.24, 2.45) is 0 Å². The number of carbonyl (C=O) groups is 2. The van der Waals surface area contributed by atoms with Crippen molar-refractivity contribution >= 4 is 131 Å². The van der Waals surface area contributed by atoms with Gasteiger partial charge in [0.05, 0.1) is 49.1 Å². The van der Waals surface area contributed by atoms with E-state index in [1.54, 1.807) is 34.8 Å². The fourth-order valence-electron chi connectivity index (χ4n) is 17.4. The zero-order valence-electron chi connectivity index (χ0n) is 61.6. The summed E-state index contributed by atoms with van der Waals surface area (Å²) in [6, 6.07) is 52.9. The van der Waals surface area contributed by atoms with Crippen molar-refractivity contribution < 1.29 is 27.2 Å². The van der Waals surface area contributed by atoms with Crippen LogP contribution in [-0.4, -0.2) is 11.6 Å². The highest BCUT2D eigenvalue weighted by Crippen LogP contribution is 2.72. The number of thiophene rings is 6. The van der Waals surface area contributed by atoms with Crippen molar-refractivity contribution in [1.82, 2.24) is 0 Å². The summed E-state index contributed by atoms with van der Waals surface area (Å²) < 4.78 is 66.9. The number of aryl methyl sites for hydroxylation is 4. The van der Waals surface area contributed by atoms with E-state index in [-0.39, 0.29) is 55.7 Å². The summed E-state index contributed by atoms with van der Waals surface area (Å²) in [5.74, 6) is -5.99. The topological polar surface area (TPSA) is 129 Å². The van der Waals surface area contributed by atoms with E-state index in [0.29, 0.717) is 9.75 Å². The lowest BCUT2D eigenvalue weighted by Gasteiger charge is -2.34. The van der Waals surface area contributed by atoms with Gasteiger partial charge in [-0.25, -0.2) is 17.6 Å². The second-order valence-electron chi connectivity index (χ2n) is 29.4. The summed E-state index contributed by atoms with van der Waals surface area (Å²) in [6.07, 6.45) is 25.2. The number of hydrogen-bond donors (Lipinski definition) is 0. The molecule has 548 valence electrons. The van der Waals surface area contributed by atoms with E-state index in [4.69, 9.17) is 0 Å². The van der Waals surface area contributed by atoms with E-state index in [9.17, 15) is 30.6 Å². The highest BCUT2D eigenvalue weighted by atomic mass is 32.1. The van der Waals surface area contributed by atoms with Crippen LogP contribution in [0.5, 0.6) is 0 Å². The summed E-state index contributed by atoms with van der Waals surface area (Å²) in [4.78, 5) is 35.2. The van der Waals surface area contributed by atoms with Gasteiger partial charge in [-0.1, -0.05) is 202 Å². The Bertz CT molecular complexity index is 5540. The molecule has 0 radical (unpaired) electrons. The lowest BCUT2D eigenvalue weighted by molar-refractivity contribution is 0.103. The Kier molecular flexibility index (Phi) is 20.9. The molecule has 6 heterocycles. The van der Waals surface area contributed by atoms with Crippen LogP contribution in [0.15, 0.2) is 156 Å². The number of rotatable bonds is 26. The third-order valence-electron chi connectivity index (χ3n) is 22.7. The number of ketones is 2. The van der Waals surface area contributed by atoms with Gasteiger partial charge in [0.2, 0.25) is 0 Å². The van der Waals surface area contributed by atoms with Crippen LogP contribution in [0.3, 0.4) is 0 Å². The summed E-state index contributed by atoms with van der Waals surface area (Å²) in [5, 5.41) is 41.5. The maximum absolute atomic E-state index is 15.2. The Morgan fingerprint density at radius 1 is 0.345 bits per heavy atom. The van der Waals surface area contributed by atoms with Gasteiger partial charge in [-0.3, -0.25) is 9.59 Å². The molecule has 6 aromatic heterocycles. The van der Waals surface area contributed by atoms with Crippen LogP contribution >= 0.6 is 68.0 Å². The maximum atomic E-state index is 15.2. The predicted molar refractivity (Wildman–Crippen MR) is 446 cm³/mol. The Morgan fingerprint density at radius 3 is 0.900 bits per heavy atom. The quantitative estimate of drug-likeness (QED) is 0.0230. The number of Topliss-reactive ketones (excluding diaryl/α,β-unsaturated/α-hetero) is 2. The maximum Gasteiger partial charge on any atom is 0.194 e. The highest BCUT2D eigenvalue weighted by molar-refractivity contribution is 7.37. The number of allylic oxidation sites excluding steroid dienone is 6. The monoisotopic (exact) mass is 1560 g/mol. The molecule has 0 aliphatic heterocycles. The minimum atomic E-state index is -1.20. The number of hydrogen-bond acceptors (Lipinski definition) is 12. The Morgan fingerprint density at radius 2 is 0.618 bits per heavy atom. The molecule has 0 amide bonds. The smallest absolute Gasteiger partial charge is 0.194 e. The molecule has 12 aromatic rings. The molecule has 6 aromatic carbocycles. The Hall–Kier alpha value is -9.72. The van der Waals surface area contributed by atoms with Crippen molar-refractivity contribution in [3.63, 3.8) is 0 Å². The lowest BCUT2D eigenvalue weighted by Crippen LogP contribution is -2.29. The van der Waals surface area contributed by atoms with E-state index >= 15 is 17.6 Å². The van der Waals surface area contributed by atoms with Crippen LogP contribution < -0.4 is 0 Å². The number of unbranched alkanes of at least 4 members (excludes halogenated alkanes) is 12. The molecule has 0 bridgehead atoms. The summed E-state index contributed by atoms with van der Waals surface area (Å²) >= 11 is 10.2. The molecule has 0 N–H and O–H groups in total. The summed E-state index contributed by atoms with van der Waals surface area (Å²) in [5.41, 5.74) is 11.3. The molecule has 0 atom stereocenters. The molecular weight excluding hydrogens is 1490 g/mol. The first-order chi connectivity index (χ1) is 53.7. The third-order valence-corrected chi connectivity index (χ3v) is 30.3. The number of benzene rings is 6. The molecule has 0 spiro atoms. The first-order valence-electron chi connectivity index (χ1n) is 38.4.